The number of amides is 1. The standard InChI is InChI=1S/C9H17F3N2O2/c1-8(2,3)6(13)7(16)14-4-5(15)9(10,11)12/h5-6,15H,4,13H2,1-3H3,(H,14,16)/t5?,6-/m1/s1. The number of alkyl halides is 3. The van der Waals surface area contributed by atoms with Crippen LogP contribution in [-0.4, -0.2) is 35.9 Å². The maximum absolute atomic E-state index is 11.9. The highest BCUT2D eigenvalue weighted by atomic mass is 19.4. The molecule has 0 saturated carbocycles. The highest BCUT2D eigenvalue weighted by Crippen LogP contribution is 2.20. The van der Waals surface area contributed by atoms with Crippen molar-refractivity contribution in [3.63, 3.8) is 0 Å². The topological polar surface area (TPSA) is 75.4 Å². The Morgan fingerprint density at radius 1 is 1.38 bits per heavy atom. The number of carbonyl (C=O) groups is 1. The van der Waals surface area contributed by atoms with E-state index in [2.05, 4.69) is 0 Å². The molecule has 0 aromatic heterocycles. The second-order valence-corrected chi connectivity index (χ2v) is 4.65. The van der Waals surface area contributed by atoms with Crippen molar-refractivity contribution in [3.8, 4) is 0 Å². The van der Waals surface area contributed by atoms with Crippen LogP contribution in [0.25, 0.3) is 0 Å². The normalized spacial score (nSPS) is 16.8. The fourth-order valence-electron chi connectivity index (χ4n) is 0.816. The van der Waals surface area contributed by atoms with Crippen LogP contribution < -0.4 is 11.1 Å². The Balaban J connectivity index is 4.19. The lowest BCUT2D eigenvalue weighted by Crippen LogP contribution is -2.51. The van der Waals surface area contributed by atoms with Crippen molar-refractivity contribution in [2.24, 2.45) is 11.1 Å². The molecule has 0 aliphatic carbocycles. The fraction of sp³-hybridized carbons (Fsp3) is 0.889. The van der Waals surface area contributed by atoms with Crippen LogP contribution in [0, 0.1) is 5.41 Å². The van der Waals surface area contributed by atoms with Gasteiger partial charge >= 0.3 is 6.18 Å². The molecule has 0 aliphatic heterocycles. The Kier molecular flexibility index (Phi) is 4.75. The molecule has 96 valence electrons. The smallest absolute Gasteiger partial charge is 0.382 e. The summed E-state index contributed by atoms with van der Waals surface area (Å²) in [4.78, 5) is 11.3. The van der Waals surface area contributed by atoms with Crippen LogP contribution in [-0.2, 0) is 4.79 Å². The molecule has 0 saturated heterocycles. The molecule has 0 bridgehead atoms. The Morgan fingerprint density at radius 2 is 1.81 bits per heavy atom. The van der Waals surface area contributed by atoms with Crippen LogP contribution in [0.4, 0.5) is 13.2 Å². The van der Waals surface area contributed by atoms with Gasteiger partial charge in [0.25, 0.3) is 0 Å². The maximum atomic E-state index is 11.9. The van der Waals surface area contributed by atoms with Crippen LogP contribution in [0.15, 0.2) is 0 Å². The van der Waals surface area contributed by atoms with E-state index in [4.69, 9.17) is 10.8 Å². The molecule has 0 heterocycles. The first kappa shape index (κ1) is 15.2. The van der Waals surface area contributed by atoms with Crippen molar-refractivity contribution in [1.82, 2.24) is 5.32 Å². The molecular weight excluding hydrogens is 225 g/mol. The van der Waals surface area contributed by atoms with E-state index in [0.717, 1.165) is 0 Å². The van der Waals surface area contributed by atoms with E-state index in [0.29, 0.717) is 0 Å². The zero-order valence-electron chi connectivity index (χ0n) is 9.43. The van der Waals surface area contributed by atoms with Gasteiger partial charge < -0.3 is 16.2 Å². The number of hydrogen-bond acceptors (Lipinski definition) is 3. The van der Waals surface area contributed by atoms with Crippen molar-refractivity contribution in [2.45, 2.75) is 39.1 Å². The van der Waals surface area contributed by atoms with Crippen molar-refractivity contribution >= 4 is 5.91 Å². The predicted molar refractivity (Wildman–Crippen MR) is 52.5 cm³/mol. The van der Waals surface area contributed by atoms with Crippen molar-refractivity contribution in [3.05, 3.63) is 0 Å². The maximum Gasteiger partial charge on any atom is 0.416 e. The first-order valence-electron chi connectivity index (χ1n) is 4.74. The summed E-state index contributed by atoms with van der Waals surface area (Å²) in [6, 6.07) is -0.923. The fourth-order valence-corrected chi connectivity index (χ4v) is 0.816. The van der Waals surface area contributed by atoms with Crippen LogP contribution >= 0.6 is 0 Å². The van der Waals surface area contributed by atoms with Crippen molar-refractivity contribution in [1.29, 1.82) is 0 Å². The lowest BCUT2D eigenvalue weighted by atomic mass is 9.87. The number of carbonyl (C=O) groups excluding carboxylic acids is 1. The van der Waals surface area contributed by atoms with Crippen LogP contribution in [0.5, 0.6) is 0 Å². The van der Waals surface area contributed by atoms with Gasteiger partial charge in [-0.2, -0.15) is 13.2 Å². The van der Waals surface area contributed by atoms with E-state index in [1.165, 1.54) is 0 Å². The molecule has 2 atom stereocenters. The van der Waals surface area contributed by atoms with E-state index in [-0.39, 0.29) is 0 Å². The molecule has 0 radical (unpaired) electrons. The minimum absolute atomic E-state index is 0.548. The van der Waals surface area contributed by atoms with Crippen molar-refractivity contribution in [2.75, 3.05) is 6.54 Å². The number of halogens is 3. The van der Waals surface area contributed by atoms with Gasteiger partial charge in [0.1, 0.15) is 0 Å². The SMILES string of the molecule is CC(C)(C)[C@H](N)C(=O)NCC(O)C(F)(F)F. The Bertz CT molecular complexity index is 248. The van der Waals surface area contributed by atoms with Gasteiger partial charge in [0.05, 0.1) is 12.6 Å². The van der Waals surface area contributed by atoms with E-state index in [1.807, 2.05) is 5.32 Å². The summed E-state index contributed by atoms with van der Waals surface area (Å²) in [6.07, 6.45) is -7.30. The van der Waals surface area contributed by atoms with Gasteiger partial charge in [-0.05, 0) is 5.41 Å². The summed E-state index contributed by atoms with van der Waals surface area (Å²) in [5, 5.41) is 10.6. The molecule has 0 aromatic rings. The average Bonchev–Trinajstić information content (AvgIpc) is 2.09. The van der Waals surface area contributed by atoms with E-state index in [9.17, 15) is 18.0 Å². The highest BCUT2D eigenvalue weighted by molar-refractivity contribution is 5.82. The molecule has 0 aliphatic rings. The third-order valence-corrected chi connectivity index (χ3v) is 2.06. The predicted octanol–water partition coefficient (Wildman–Crippen LogP) is 0.399. The summed E-state index contributed by atoms with van der Waals surface area (Å²) >= 11 is 0. The molecule has 0 rings (SSSR count). The minimum Gasteiger partial charge on any atom is -0.382 e. The largest absolute Gasteiger partial charge is 0.416 e. The summed E-state index contributed by atoms with van der Waals surface area (Å²) in [5.74, 6) is -0.712. The summed E-state index contributed by atoms with van der Waals surface area (Å²) in [6.45, 7) is 4.19. The second-order valence-electron chi connectivity index (χ2n) is 4.65. The molecule has 1 unspecified atom stereocenters. The lowest BCUT2D eigenvalue weighted by molar-refractivity contribution is -0.201. The number of rotatable bonds is 3. The van der Waals surface area contributed by atoms with Gasteiger partial charge in [0, 0.05) is 0 Å². The van der Waals surface area contributed by atoms with Crippen LogP contribution in [0.1, 0.15) is 20.8 Å². The Hall–Kier alpha value is -0.820. The van der Waals surface area contributed by atoms with Gasteiger partial charge in [-0.15, -0.1) is 0 Å². The molecule has 4 N–H and O–H groups in total. The molecule has 4 nitrogen and oxygen atoms in total. The van der Waals surface area contributed by atoms with Gasteiger partial charge in [-0.1, -0.05) is 20.8 Å². The minimum atomic E-state index is -4.74. The quantitative estimate of drug-likeness (QED) is 0.670. The summed E-state index contributed by atoms with van der Waals surface area (Å²) < 4.78 is 35.7. The molecule has 1 amide bonds. The van der Waals surface area contributed by atoms with E-state index < -0.39 is 36.2 Å². The second kappa shape index (κ2) is 5.01. The number of aliphatic hydroxyl groups excluding tert-OH is 1. The van der Waals surface area contributed by atoms with E-state index in [1.54, 1.807) is 20.8 Å². The van der Waals surface area contributed by atoms with Gasteiger partial charge in [-0.25, -0.2) is 0 Å². The molecule has 0 fully saturated rings. The number of hydrogen-bond donors (Lipinski definition) is 3. The zero-order chi connectivity index (χ0) is 13.1. The molecule has 16 heavy (non-hydrogen) atoms. The highest BCUT2D eigenvalue weighted by Gasteiger charge is 2.38. The number of nitrogens with one attached hydrogen (secondary N) is 1. The van der Waals surface area contributed by atoms with Crippen LogP contribution in [0.3, 0.4) is 0 Å². The van der Waals surface area contributed by atoms with E-state index >= 15 is 0 Å². The summed E-state index contributed by atoms with van der Waals surface area (Å²) in [5.41, 5.74) is 4.97. The molecular formula is C9H17F3N2O2. The Labute approximate surface area is 92.0 Å². The molecule has 0 spiro atoms. The van der Waals surface area contributed by atoms with Gasteiger partial charge in [0.2, 0.25) is 5.91 Å². The first-order chi connectivity index (χ1) is 6.96. The summed E-state index contributed by atoms with van der Waals surface area (Å²) in [7, 11) is 0. The number of nitrogens with two attached hydrogens (primary N) is 1. The third kappa shape index (κ3) is 4.80. The van der Waals surface area contributed by atoms with Crippen molar-refractivity contribution < 1.29 is 23.1 Å². The zero-order valence-corrected chi connectivity index (χ0v) is 9.43. The third-order valence-electron chi connectivity index (χ3n) is 2.06. The first-order valence-corrected chi connectivity index (χ1v) is 4.74. The molecule has 0 aromatic carbocycles. The lowest BCUT2D eigenvalue weighted by Gasteiger charge is -2.26. The van der Waals surface area contributed by atoms with Gasteiger partial charge in [-0.3, -0.25) is 4.79 Å². The number of aliphatic hydroxyl groups is 1. The molecule has 7 heteroatoms. The Morgan fingerprint density at radius 3 is 2.12 bits per heavy atom. The monoisotopic (exact) mass is 242 g/mol. The average molecular weight is 242 g/mol. The van der Waals surface area contributed by atoms with Crippen LogP contribution in [0.2, 0.25) is 0 Å². The van der Waals surface area contributed by atoms with Gasteiger partial charge in [0.15, 0.2) is 6.10 Å².